The Kier molecular flexibility index (Phi) is 4.75. The van der Waals surface area contributed by atoms with Crippen LogP contribution in [-0.2, 0) is 16.6 Å². The van der Waals surface area contributed by atoms with E-state index in [2.05, 4.69) is 20.2 Å². The third kappa shape index (κ3) is 3.58. The maximum absolute atomic E-state index is 12.2. The lowest BCUT2D eigenvalue weighted by Crippen LogP contribution is -2.25. The van der Waals surface area contributed by atoms with Gasteiger partial charge >= 0.3 is 0 Å². The van der Waals surface area contributed by atoms with Crippen molar-refractivity contribution in [2.45, 2.75) is 24.8 Å². The summed E-state index contributed by atoms with van der Waals surface area (Å²) < 4.78 is 27.0. The van der Waals surface area contributed by atoms with E-state index in [1.165, 1.54) is 0 Å². The van der Waals surface area contributed by atoms with Crippen LogP contribution in [0.2, 0.25) is 0 Å². The molecule has 3 N–H and O–H groups in total. The largest absolute Gasteiger partial charge is 0.380 e. The van der Waals surface area contributed by atoms with Crippen molar-refractivity contribution < 1.29 is 8.42 Å². The Morgan fingerprint density at radius 2 is 2.10 bits per heavy atom. The highest BCUT2D eigenvalue weighted by atomic mass is 32.2. The molecule has 0 saturated heterocycles. The van der Waals surface area contributed by atoms with Crippen LogP contribution in [0.3, 0.4) is 0 Å². The second kappa shape index (κ2) is 6.53. The molecule has 0 radical (unpaired) electrons. The van der Waals surface area contributed by atoms with E-state index in [0.29, 0.717) is 18.8 Å². The molecule has 0 spiro atoms. The third-order valence-corrected chi connectivity index (χ3v) is 4.28. The molecule has 0 saturated carbocycles. The van der Waals surface area contributed by atoms with Gasteiger partial charge in [0.25, 0.3) is 0 Å². The molecular formula is C13H18N4O2S. The zero-order valence-electron chi connectivity index (χ0n) is 11.3. The summed E-state index contributed by atoms with van der Waals surface area (Å²) in [6.45, 7) is 2.86. The van der Waals surface area contributed by atoms with Crippen LogP contribution in [-0.4, -0.2) is 25.2 Å². The van der Waals surface area contributed by atoms with Gasteiger partial charge in [-0.3, -0.25) is 5.10 Å². The predicted octanol–water partition coefficient (Wildman–Crippen LogP) is 1.71. The van der Waals surface area contributed by atoms with Crippen molar-refractivity contribution in [3.05, 3.63) is 42.2 Å². The van der Waals surface area contributed by atoms with E-state index in [1.54, 1.807) is 36.7 Å². The Hall–Kier alpha value is -1.86. The molecule has 0 amide bonds. The number of aromatic amines is 1. The van der Waals surface area contributed by atoms with Crippen LogP contribution in [0.1, 0.15) is 18.9 Å². The van der Waals surface area contributed by atoms with E-state index >= 15 is 0 Å². The highest BCUT2D eigenvalue weighted by Crippen LogP contribution is 2.21. The fourth-order valence-corrected chi connectivity index (χ4v) is 3.05. The standard InChI is InChI=1S/C13H18N4O2S/c1-2-7-17-20(18,19)13-6-4-3-5-12(13)14-8-11-9-15-16-10-11/h3-6,9-10,14,17H,2,7-8H2,1H3,(H,15,16). The first-order chi connectivity index (χ1) is 9.63. The minimum Gasteiger partial charge on any atom is -0.380 e. The van der Waals surface area contributed by atoms with Gasteiger partial charge in [-0.15, -0.1) is 0 Å². The van der Waals surface area contributed by atoms with Crippen LogP contribution in [0.4, 0.5) is 5.69 Å². The zero-order valence-corrected chi connectivity index (χ0v) is 12.1. The summed E-state index contributed by atoms with van der Waals surface area (Å²) in [7, 11) is -3.48. The molecule has 0 aliphatic heterocycles. The number of sulfonamides is 1. The smallest absolute Gasteiger partial charge is 0.242 e. The van der Waals surface area contributed by atoms with Gasteiger partial charge in [0.2, 0.25) is 10.0 Å². The zero-order chi connectivity index (χ0) is 14.4. The lowest BCUT2D eigenvalue weighted by Gasteiger charge is -2.12. The van der Waals surface area contributed by atoms with Crippen LogP contribution < -0.4 is 10.0 Å². The molecule has 20 heavy (non-hydrogen) atoms. The number of para-hydroxylation sites is 1. The number of rotatable bonds is 7. The summed E-state index contributed by atoms with van der Waals surface area (Å²) >= 11 is 0. The van der Waals surface area contributed by atoms with Crippen LogP contribution in [0, 0.1) is 0 Å². The number of hydrogen-bond acceptors (Lipinski definition) is 4. The monoisotopic (exact) mass is 294 g/mol. The highest BCUT2D eigenvalue weighted by molar-refractivity contribution is 7.89. The van der Waals surface area contributed by atoms with Gasteiger partial charge < -0.3 is 5.32 Å². The number of anilines is 1. The lowest BCUT2D eigenvalue weighted by molar-refractivity contribution is 0.581. The molecule has 0 aliphatic rings. The minimum atomic E-state index is -3.48. The van der Waals surface area contributed by atoms with E-state index in [-0.39, 0.29) is 4.90 Å². The van der Waals surface area contributed by atoms with Gasteiger partial charge in [0, 0.05) is 24.8 Å². The Labute approximate surface area is 118 Å². The minimum absolute atomic E-state index is 0.261. The summed E-state index contributed by atoms with van der Waals surface area (Å²) in [6, 6.07) is 6.86. The molecule has 2 rings (SSSR count). The molecule has 0 aliphatic carbocycles. The normalized spacial score (nSPS) is 11.4. The molecule has 108 valence electrons. The van der Waals surface area contributed by atoms with Crippen molar-refractivity contribution in [2.75, 3.05) is 11.9 Å². The molecule has 0 fully saturated rings. The fraction of sp³-hybridized carbons (Fsp3) is 0.308. The second-order valence-electron chi connectivity index (χ2n) is 4.35. The first-order valence-electron chi connectivity index (χ1n) is 6.43. The van der Waals surface area contributed by atoms with Crippen LogP contribution >= 0.6 is 0 Å². The average molecular weight is 294 g/mol. The maximum atomic E-state index is 12.2. The van der Waals surface area contributed by atoms with Gasteiger partial charge in [0.05, 0.1) is 11.9 Å². The van der Waals surface area contributed by atoms with E-state index in [4.69, 9.17) is 0 Å². The molecule has 0 unspecified atom stereocenters. The van der Waals surface area contributed by atoms with Crippen LogP contribution in [0.25, 0.3) is 0 Å². The molecule has 0 atom stereocenters. The average Bonchev–Trinajstić information content (AvgIpc) is 2.96. The summed E-state index contributed by atoms with van der Waals surface area (Å²) in [5, 5.41) is 9.69. The number of hydrogen-bond donors (Lipinski definition) is 3. The van der Waals surface area contributed by atoms with E-state index in [0.717, 1.165) is 12.0 Å². The van der Waals surface area contributed by atoms with Gasteiger partial charge in [-0.25, -0.2) is 13.1 Å². The second-order valence-corrected chi connectivity index (χ2v) is 6.09. The molecule has 1 heterocycles. The first-order valence-corrected chi connectivity index (χ1v) is 7.92. The topological polar surface area (TPSA) is 86.9 Å². The molecule has 1 aromatic carbocycles. The SMILES string of the molecule is CCCNS(=O)(=O)c1ccccc1NCc1cn[nH]c1. The molecule has 1 aromatic heterocycles. The van der Waals surface area contributed by atoms with E-state index in [9.17, 15) is 8.42 Å². The van der Waals surface area contributed by atoms with Crippen molar-refractivity contribution in [3.8, 4) is 0 Å². The highest BCUT2D eigenvalue weighted by Gasteiger charge is 2.17. The van der Waals surface area contributed by atoms with Crippen LogP contribution in [0.5, 0.6) is 0 Å². The summed E-state index contributed by atoms with van der Waals surface area (Å²) in [5.41, 5.74) is 1.54. The Balaban J connectivity index is 2.17. The quantitative estimate of drug-likeness (QED) is 0.725. The summed E-state index contributed by atoms with van der Waals surface area (Å²) in [5.74, 6) is 0. The maximum Gasteiger partial charge on any atom is 0.242 e. The molecule has 7 heteroatoms. The van der Waals surface area contributed by atoms with Gasteiger partial charge in [-0.2, -0.15) is 5.10 Å². The summed E-state index contributed by atoms with van der Waals surface area (Å²) in [6.07, 6.45) is 4.21. The molecule has 0 bridgehead atoms. The van der Waals surface area contributed by atoms with Crippen molar-refractivity contribution in [3.63, 3.8) is 0 Å². The third-order valence-electron chi connectivity index (χ3n) is 2.76. The number of benzene rings is 1. The Bertz CT molecular complexity index is 638. The van der Waals surface area contributed by atoms with Gasteiger partial charge in [0.1, 0.15) is 4.90 Å². The Morgan fingerprint density at radius 1 is 1.30 bits per heavy atom. The van der Waals surface area contributed by atoms with Gasteiger partial charge in [-0.1, -0.05) is 19.1 Å². The van der Waals surface area contributed by atoms with Gasteiger partial charge in [0.15, 0.2) is 0 Å². The first kappa shape index (κ1) is 14.5. The number of nitrogens with one attached hydrogen (secondary N) is 3. The number of nitrogens with zero attached hydrogens (tertiary/aromatic N) is 1. The fourth-order valence-electron chi connectivity index (χ4n) is 1.73. The number of aromatic nitrogens is 2. The van der Waals surface area contributed by atoms with Crippen molar-refractivity contribution >= 4 is 15.7 Å². The molecular weight excluding hydrogens is 276 g/mol. The van der Waals surface area contributed by atoms with Crippen molar-refractivity contribution in [2.24, 2.45) is 0 Å². The molecule has 6 nitrogen and oxygen atoms in total. The lowest BCUT2D eigenvalue weighted by atomic mass is 10.3. The van der Waals surface area contributed by atoms with E-state index < -0.39 is 10.0 Å². The number of H-pyrrole nitrogens is 1. The Morgan fingerprint density at radius 3 is 2.80 bits per heavy atom. The predicted molar refractivity (Wildman–Crippen MR) is 77.8 cm³/mol. The van der Waals surface area contributed by atoms with Crippen LogP contribution in [0.15, 0.2) is 41.6 Å². The van der Waals surface area contributed by atoms with E-state index in [1.807, 2.05) is 6.92 Å². The molecule has 2 aromatic rings. The summed E-state index contributed by atoms with van der Waals surface area (Å²) in [4.78, 5) is 0.261. The van der Waals surface area contributed by atoms with Crippen molar-refractivity contribution in [1.29, 1.82) is 0 Å². The van der Waals surface area contributed by atoms with Gasteiger partial charge in [-0.05, 0) is 18.6 Å². The van der Waals surface area contributed by atoms with Crippen molar-refractivity contribution in [1.82, 2.24) is 14.9 Å².